The van der Waals surface area contributed by atoms with Gasteiger partial charge in [0.05, 0.1) is 37.2 Å². The molecule has 0 bridgehead atoms. The standard InChI is InChI=1S/C21H19ClF3N3O3/c1-29-17-11-18(30-2)16(10-15(17)22)26-12-5-7-13(8-6-12)28-20-14(4-3-9-31-20)19(27-28)21(23,24)25/h5-8,10-11,26H,3-4,9H2,1-2H3. The van der Waals surface area contributed by atoms with Crippen molar-refractivity contribution in [3.05, 3.63) is 52.7 Å². The maximum Gasteiger partial charge on any atom is 0.435 e. The number of fused-ring (bicyclic) bond motifs is 1. The van der Waals surface area contributed by atoms with E-state index < -0.39 is 11.9 Å². The van der Waals surface area contributed by atoms with Crippen molar-refractivity contribution in [2.75, 3.05) is 26.1 Å². The van der Waals surface area contributed by atoms with Crippen molar-refractivity contribution in [1.29, 1.82) is 0 Å². The fourth-order valence-electron chi connectivity index (χ4n) is 3.43. The molecule has 0 saturated carbocycles. The van der Waals surface area contributed by atoms with Crippen LogP contribution in [0.15, 0.2) is 36.4 Å². The van der Waals surface area contributed by atoms with E-state index in [1.165, 1.54) is 18.9 Å². The van der Waals surface area contributed by atoms with Gasteiger partial charge in [0.1, 0.15) is 11.5 Å². The van der Waals surface area contributed by atoms with Crippen molar-refractivity contribution in [2.45, 2.75) is 19.0 Å². The monoisotopic (exact) mass is 453 g/mol. The van der Waals surface area contributed by atoms with E-state index in [1.54, 1.807) is 36.4 Å². The number of halogens is 4. The minimum absolute atomic E-state index is 0.0959. The zero-order valence-electron chi connectivity index (χ0n) is 16.7. The molecule has 6 nitrogen and oxygen atoms in total. The lowest BCUT2D eigenvalue weighted by Gasteiger charge is -2.16. The average molecular weight is 454 g/mol. The maximum atomic E-state index is 13.4. The molecule has 0 atom stereocenters. The van der Waals surface area contributed by atoms with Gasteiger partial charge < -0.3 is 19.5 Å². The van der Waals surface area contributed by atoms with Gasteiger partial charge >= 0.3 is 6.18 Å². The third kappa shape index (κ3) is 4.10. The molecule has 0 spiro atoms. The number of methoxy groups -OCH3 is 2. The zero-order valence-corrected chi connectivity index (χ0v) is 17.5. The fraction of sp³-hybridized carbons (Fsp3) is 0.286. The predicted molar refractivity (Wildman–Crippen MR) is 110 cm³/mol. The van der Waals surface area contributed by atoms with Gasteiger partial charge in [0, 0.05) is 17.3 Å². The molecule has 1 N–H and O–H groups in total. The molecule has 0 amide bonds. The Morgan fingerprint density at radius 3 is 2.45 bits per heavy atom. The average Bonchev–Trinajstić information content (AvgIpc) is 3.15. The van der Waals surface area contributed by atoms with E-state index in [1.807, 2.05) is 0 Å². The molecule has 1 aliphatic rings. The maximum absolute atomic E-state index is 13.4. The highest BCUT2D eigenvalue weighted by Crippen LogP contribution is 2.40. The minimum Gasteiger partial charge on any atom is -0.495 e. The second-order valence-corrected chi connectivity index (χ2v) is 7.26. The van der Waals surface area contributed by atoms with Crippen LogP contribution in [0.1, 0.15) is 17.7 Å². The van der Waals surface area contributed by atoms with E-state index in [4.69, 9.17) is 25.8 Å². The number of alkyl halides is 3. The van der Waals surface area contributed by atoms with E-state index in [0.717, 1.165) is 0 Å². The molecule has 10 heteroatoms. The quantitative estimate of drug-likeness (QED) is 0.542. The Labute approximate surface area is 181 Å². The Balaban J connectivity index is 1.64. The molecule has 2 heterocycles. The summed E-state index contributed by atoms with van der Waals surface area (Å²) in [7, 11) is 3.03. The second-order valence-electron chi connectivity index (χ2n) is 6.85. The molecule has 2 aromatic carbocycles. The highest BCUT2D eigenvalue weighted by atomic mass is 35.5. The number of nitrogens with one attached hydrogen (secondary N) is 1. The molecule has 3 aromatic rings. The molecule has 0 aliphatic carbocycles. The predicted octanol–water partition coefficient (Wildman–Crippen LogP) is 5.63. The summed E-state index contributed by atoms with van der Waals surface area (Å²) < 4.78 is 57.5. The molecule has 4 rings (SSSR count). The van der Waals surface area contributed by atoms with Crippen LogP contribution in [0, 0.1) is 0 Å². The van der Waals surface area contributed by atoms with Gasteiger partial charge in [-0.3, -0.25) is 0 Å². The number of rotatable bonds is 5. The smallest absolute Gasteiger partial charge is 0.435 e. The van der Waals surface area contributed by atoms with Crippen LogP contribution in [-0.4, -0.2) is 30.6 Å². The lowest BCUT2D eigenvalue weighted by Crippen LogP contribution is -2.13. The lowest BCUT2D eigenvalue weighted by molar-refractivity contribution is -0.142. The zero-order chi connectivity index (χ0) is 22.2. The summed E-state index contributed by atoms with van der Waals surface area (Å²) in [5.41, 5.74) is 0.945. The van der Waals surface area contributed by atoms with Crippen molar-refractivity contribution >= 4 is 23.0 Å². The Hall–Kier alpha value is -3.07. The van der Waals surface area contributed by atoms with Gasteiger partial charge in [-0.15, -0.1) is 0 Å². The number of hydrogen-bond acceptors (Lipinski definition) is 5. The normalized spacial score (nSPS) is 13.4. The van der Waals surface area contributed by atoms with Crippen molar-refractivity contribution in [3.63, 3.8) is 0 Å². The number of benzene rings is 2. The SMILES string of the molecule is COc1cc(OC)c(Nc2ccc(-n3nc(C(F)(F)F)c4c3OCCC4)cc2)cc1Cl. The van der Waals surface area contributed by atoms with Crippen LogP contribution < -0.4 is 19.5 Å². The Kier molecular flexibility index (Phi) is 5.62. The fourth-order valence-corrected chi connectivity index (χ4v) is 3.67. The van der Waals surface area contributed by atoms with Crippen LogP contribution in [-0.2, 0) is 12.6 Å². The van der Waals surface area contributed by atoms with Crippen LogP contribution in [0.5, 0.6) is 17.4 Å². The van der Waals surface area contributed by atoms with Crippen LogP contribution >= 0.6 is 11.6 Å². The van der Waals surface area contributed by atoms with Crippen molar-refractivity contribution in [3.8, 4) is 23.1 Å². The van der Waals surface area contributed by atoms with E-state index in [-0.39, 0.29) is 17.9 Å². The van der Waals surface area contributed by atoms with Crippen LogP contribution in [0.3, 0.4) is 0 Å². The Bertz CT molecular complexity index is 1100. The Morgan fingerprint density at radius 1 is 1.10 bits per heavy atom. The number of aromatic nitrogens is 2. The van der Waals surface area contributed by atoms with Gasteiger partial charge in [-0.1, -0.05) is 11.6 Å². The van der Waals surface area contributed by atoms with Crippen molar-refractivity contribution in [2.24, 2.45) is 0 Å². The summed E-state index contributed by atoms with van der Waals surface area (Å²) in [6.45, 7) is 0.355. The topological polar surface area (TPSA) is 57.5 Å². The third-order valence-corrected chi connectivity index (χ3v) is 5.17. The lowest BCUT2D eigenvalue weighted by atomic mass is 10.1. The van der Waals surface area contributed by atoms with Crippen LogP contribution in [0.4, 0.5) is 24.5 Å². The van der Waals surface area contributed by atoms with Gasteiger partial charge in [0.25, 0.3) is 0 Å². The first kappa shape index (κ1) is 21.2. The highest BCUT2D eigenvalue weighted by molar-refractivity contribution is 6.32. The van der Waals surface area contributed by atoms with Crippen molar-refractivity contribution in [1.82, 2.24) is 9.78 Å². The molecule has 0 saturated heterocycles. The van der Waals surface area contributed by atoms with Gasteiger partial charge in [-0.05, 0) is 43.2 Å². The first-order chi connectivity index (χ1) is 14.8. The molecule has 1 aliphatic heterocycles. The van der Waals surface area contributed by atoms with Crippen molar-refractivity contribution < 1.29 is 27.4 Å². The summed E-state index contributed by atoms with van der Waals surface area (Å²) in [5.74, 6) is 1.14. The number of ether oxygens (including phenoxy) is 3. The van der Waals surface area contributed by atoms with Crippen LogP contribution in [0.25, 0.3) is 5.69 Å². The summed E-state index contributed by atoms with van der Waals surface area (Å²) in [5, 5.41) is 7.39. The molecule has 1 aromatic heterocycles. The summed E-state index contributed by atoms with van der Waals surface area (Å²) in [6.07, 6.45) is -3.74. The van der Waals surface area contributed by atoms with Gasteiger partial charge in [-0.25, -0.2) is 4.68 Å². The van der Waals surface area contributed by atoms with E-state index >= 15 is 0 Å². The number of hydrogen-bond donors (Lipinski definition) is 1. The molecular formula is C21H19ClF3N3O3. The number of nitrogens with zero attached hydrogens (tertiary/aromatic N) is 2. The molecule has 0 fully saturated rings. The summed E-state index contributed by atoms with van der Waals surface area (Å²) >= 11 is 6.20. The van der Waals surface area contributed by atoms with E-state index in [9.17, 15) is 13.2 Å². The molecule has 164 valence electrons. The van der Waals surface area contributed by atoms with E-state index in [2.05, 4.69) is 10.4 Å². The second kappa shape index (κ2) is 8.22. The largest absolute Gasteiger partial charge is 0.495 e. The van der Waals surface area contributed by atoms with Gasteiger partial charge in [0.15, 0.2) is 5.69 Å². The molecule has 0 unspecified atom stereocenters. The summed E-state index contributed by atoms with van der Waals surface area (Å²) in [4.78, 5) is 0. The van der Waals surface area contributed by atoms with E-state index in [0.29, 0.717) is 46.6 Å². The van der Waals surface area contributed by atoms with Crippen LogP contribution in [0.2, 0.25) is 5.02 Å². The molecular weight excluding hydrogens is 435 g/mol. The minimum atomic E-state index is -4.54. The summed E-state index contributed by atoms with van der Waals surface area (Å²) in [6, 6.07) is 10.1. The first-order valence-corrected chi connectivity index (χ1v) is 9.80. The Morgan fingerprint density at radius 2 is 1.81 bits per heavy atom. The number of anilines is 2. The highest BCUT2D eigenvalue weighted by Gasteiger charge is 2.40. The first-order valence-electron chi connectivity index (χ1n) is 9.42. The van der Waals surface area contributed by atoms with Gasteiger partial charge in [-0.2, -0.15) is 18.3 Å². The third-order valence-electron chi connectivity index (χ3n) is 4.88. The molecule has 31 heavy (non-hydrogen) atoms. The molecule has 0 radical (unpaired) electrons. The van der Waals surface area contributed by atoms with Gasteiger partial charge in [0.2, 0.25) is 5.88 Å².